The summed E-state index contributed by atoms with van der Waals surface area (Å²) in [5, 5.41) is 3.67. The number of rotatable bonds is 3. The van der Waals surface area contributed by atoms with E-state index in [-0.39, 0.29) is 5.91 Å². The van der Waals surface area contributed by atoms with Crippen molar-refractivity contribution in [3.05, 3.63) is 16.5 Å². The molecule has 72 valence electrons. The van der Waals surface area contributed by atoms with Gasteiger partial charge in [0.15, 0.2) is 0 Å². The third-order valence-corrected chi connectivity index (χ3v) is 2.96. The Morgan fingerprint density at radius 1 is 1.69 bits per heavy atom. The SMILES string of the molecule is CCc1cc(CN)c(NC(C)=O)s1. The van der Waals surface area contributed by atoms with Crippen molar-refractivity contribution in [3.8, 4) is 0 Å². The highest BCUT2D eigenvalue weighted by atomic mass is 32.1. The standard InChI is InChI=1S/C9H14N2OS/c1-3-8-4-7(5-10)9(13-8)11-6(2)12/h4H,3,5,10H2,1-2H3,(H,11,12). The van der Waals surface area contributed by atoms with Crippen molar-refractivity contribution < 1.29 is 4.79 Å². The van der Waals surface area contributed by atoms with Gasteiger partial charge < -0.3 is 11.1 Å². The smallest absolute Gasteiger partial charge is 0.221 e. The van der Waals surface area contributed by atoms with Gasteiger partial charge >= 0.3 is 0 Å². The second-order valence-corrected chi connectivity index (χ2v) is 3.94. The van der Waals surface area contributed by atoms with E-state index in [0.717, 1.165) is 17.0 Å². The average Bonchev–Trinajstić information content (AvgIpc) is 2.46. The fourth-order valence-corrected chi connectivity index (χ4v) is 2.15. The molecule has 0 bridgehead atoms. The Morgan fingerprint density at radius 2 is 2.38 bits per heavy atom. The van der Waals surface area contributed by atoms with E-state index in [0.29, 0.717) is 6.54 Å². The fourth-order valence-electron chi connectivity index (χ4n) is 1.08. The molecule has 0 unspecified atom stereocenters. The van der Waals surface area contributed by atoms with Crippen molar-refractivity contribution in [2.75, 3.05) is 5.32 Å². The van der Waals surface area contributed by atoms with Crippen molar-refractivity contribution in [2.24, 2.45) is 5.73 Å². The largest absolute Gasteiger partial charge is 0.326 e. The fraction of sp³-hybridized carbons (Fsp3) is 0.444. The molecule has 0 fully saturated rings. The van der Waals surface area contributed by atoms with E-state index in [1.54, 1.807) is 11.3 Å². The molecule has 4 heteroatoms. The molecule has 3 nitrogen and oxygen atoms in total. The molecular weight excluding hydrogens is 184 g/mol. The number of carbonyl (C=O) groups excluding carboxylic acids is 1. The monoisotopic (exact) mass is 198 g/mol. The number of hydrogen-bond donors (Lipinski definition) is 2. The van der Waals surface area contributed by atoms with Crippen LogP contribution in [0.5, 0.6) is 0 Å². The van der Waals surface area contributed by atoms with Gasteiger partial charge in [0.2, 0.25) is 5.91 Å². The van der Waals surface area contributed by atoms with E-state index in [4.69, 9.17) is 5.73 Å². The van der Waals surface area contributed by atoms with Crippen LogP contribution in [0.25, 0.3) is 0 Å². The summed E-state index contributed by atoms with van der Waals surface area (Å²) in [5.74, 6) is -0.0424. The van der Waals surface area contributed by atoms with Crippen LogP contribution in [0.3, 0.4) is 0 Å². The van der Waals surface area contributed by atoms with Crippen LogP contribution in [0.15, 0.2) is 6.07 Å². The summed E-state index contributed by atoms with van der Waals surface area (Å²) in [6, 6.07) is 2.05. The van der Waals surface area contributed by atoms with E-state index >= 15 is 0 Å². The van der Waals surface area contributed by atoms with Gasteiger partial charge in [-0.15, -0.1) is 11.3 Å². The van der Waals surface area contributed by atoms with Gasteiger partial charge in [0.1, 0.15) is 0 Å². The first-order valence-corrected chi connectivity index (χ1v) is 5.08. The van der Waals surface area contributed by atoms with Crippen molar-refractivity contribution >= 4 is 22.2 Å². The summed E-state index contributed by atoms with van der Waals surface area (Å²) in [4.78, 5) is 12.1. The van der Waals surface area contributed by atoms with Crippen molar-refractivity contribution in [1.29, 1.82) is 0 Å². The van der Waals surface area contributed by atoms with Crippen LogP contribution in [-0.4, -0.2) is 5.91 Å². The average molecular weight is 198 g/mol. The van der Waals surface area contributed by atoms with Gasteiger partial charge in [-0.1, -0.05) is 6.92 Å². The van der Waals surface area contributed by atoms with Crippen LogP contribution in [0, 0.1) is 0 Å². The third kappa shape index (κ3) is 2.54. The molecule has 1 heterocycles. The second kappa shape index (κ2) is 4.39. The lowest BCUT2D eigenvalue weighted by atomic mass is 10.2. The van der Waals surface area contributed by atoms with E-state index in [1.807, 2.05) is 0 Å². The highest BCUT2D eigenvalue weighted by Gasteiger charge is 2.07. The molecule has 13 heavy (non-hydrogen) atoms. The lowest BCUT2D eigenvalue weighted by Gasteiger charge is -1.99. The van der Waals surface area contributed by atoms with E-state index in [2.05, 4.69) is 18.3 Å². The number of aryl methyl sites for hydroxylation is 1. The first-order chi connectivity index (χ1) is 6.17. The Morgan fingerprint density at radius 3 is 2.85 bits per heavy atom. The Bertz CT molecular complexity index is 307. The van der Waals surface area contributed by atoms with Gasteiger partial charge in [-0.3, -0.25) is 4.79 Å². The van der Waals surface area contributed by atoms with Crippen LogP contribution >= 0.6 is 11.3 Å². The second-order valence-electron chi connectivity index (χ2n) is 2.81. The zero-order valence-corrected chi connectivity index (χ0v) is 8.70. The van der Waals surface area contributed by atoms with Crippen LogP contribution in [0.4, 0.5) is 5.00 Å². The maximum atomic E-state index is 10.8. The van der Waals surface area contributed by atoms with Gasteiger partial charge in [-0.05, 0) is 12.5 Å². The summed E-state index contributed by atoms with van der Waals surface area (Å²) in [7, 11) is 0. The predicted molar refractivity (Wildman–Crippen MR) is 55.9 cm³/mol. The third-order valence-electron chi connectivity index (χ3n) is 1.72. The lowest BCUT2D eigenvalue weighted by Crippen LogP contribution is -2.07. The quantitative estimate of drug-likeness (QED) is 0.777. The zero-order chi connectivity index (χ0) is 9.84. The zero-order valence-electron chi connectivity index (χ0n) is 7.89. The van der Waals surface area contributed by atoms with Gasteiger partial charge in [0.25, 0.3) is 0 Å². The van der Waals surface area contributed by atoms with Gasteiger partial charge in [0, 0.05) is 23.9 Å². The minimum absolute atomic E-state index is 0.0424. The molecule has 0 aliphatic rings. The summed E-state index contributed by atoms with van der Waals surface area (Å²) in [6.07, 6.45) is 0.983. The number of thiophene rings is 1. The van der Waals surface area contributed by atoms with Crippen LogP contribution in [0.2, 0.25) is 0 Å². The molecule has 0 atom stereocenters. The predicted octanol–water partition coefficient (Wildman–Crippen LogP) is 1.73. The highest BCUT2D eigenvalue weighted by molar-refractivity contribution is 7.16. The Balaban J connectivity index is 2.90. The minimum atomic E-state index is -0.0424. The van der Waals surface area contributed by atoms with E-state index in [1.165, 1.54) is 11.8 Å². The molecular formula is C9H14N2OS. The maximum Gasteiger partial charge on any atom is 0.221 e. The Kier molecular flexibility index (Phi) is 3.45. The number of anilines is 1. The first-order valence-electron chi connectivity index (χ1n) is 4.26. The molecule has 0 radical (unpaired) electrons. The lowest BCUT2D eigenvalue weighted by molar-refractivity contribution is -0.114. The number of amides is 1. The first kappa shape index (κ1) is 10.2. The highest BCUT2D eigenvalue weighted by Crippen LogP contribution is 2.27. The van der Waals surface area contributed by atoms with E-state index < -0.39 is 0 Å². The molecule has 1 aromatic heterocycles. The molecule has 0 aliphatic carbocycles. The normalized spacial score (nSPS) is 10.1. The van der Waals surface area contributed by atoms with Gasteiger partial charge in [-0.25, -0.2) is 0 Å². The van der Waals surface area contributed by atoms with Crippen molar-refractivity contribution in [1.82, 2.24) is 0 Å². The van der Waals surface area contributed by atoms with Crippen LogP contribution in [0.1, 0.15) is 24.3 Å². The van der Waals surface area contributed by atoms with Crippen molar-refractivity contribution in [3.63, 3.8) is 0 Å². The Labute approximate surface area is 81.9 Å². The molecule has 1 rings (SSSR count). The molecule has 0 aromatic carbocycles. The maximum absolute atomic E-state index is 10.8. The number of hydrogen-bond acceptors (Lipinski definition) is 3. The molecule has 0 saturated carbocycles. The summed E-state index contributed by atoms with van der Waals surface area (Å²) in [6.45, 7) is 4.07. The molecule has 1 amide bonds. The molecule has 0 saturated heterocycles. The number of nitrogens with one attached hydrogen (secondary N) is 1. The topological polar surface area (TPSA) is 55.1 Å². The molecule has 0 spiro atoms. The van der Waals surface area contributed by atoms with Crippen LogP contribution in [-0.2, 0) is 17.8 Å². The van der Waals surface area contributed by atoms with Gasteiger partial charge in [-0.2, -0.15) is 0 Å². The number of carbonyl (C=O) groups is 1. The summed E-state index contributed by atoms with van der Waals surface area (Å²) in [5.41, 5.74) is 6.57. The Hall–Kier alpha value is -0.870. The van der Waals surface area contributed by atoms with Gasteiger partial charge in [0.05, 0.1) is 5.00 Å². The van der Waals surface area contributed by atoms with Crippen LogP contribution < -0.4 is 11.1 Å². The number of nitrogens with two attached hydrogens (primary N) is 1. The minimum Gasteiger partial charge on any atom is -0.326 e. The summed E-state index contributed by atoms with van der Waals surface area (Å²) < 4.78 is 0. The van der Waals surface area contributed by atoms with E-state index in [9.17, 15) is 4.79 Å². The van der Waals surface area contributed by atoms with Crippen molar-refractivity contribution in [2.45, 2.75) is 26.8 Å². The summed E-state index contributed by atoms with van der Waals surface area (Å²) >= 11 is 1.60. The molecule has 3 N–H and O–H groups in total. The molecule has 1 aromatic rings. The molecule has 0 aliphatic heterocycles.